The summed E-state index contributed by atoms with van der Waals surface area (Å²) in [6.07, 6.45) is 0.571. The van der Waals surface area contributed by atoms with Crippen LogP contribution in [0.25, 0.3) is 10.8 Å². The summed E-state index contributed by atoms with van der Waals surface area (Å²) < 4.78 is 10.8. The van der Waals surface area contributed by atoms with Crippen molar-refractivity contribution in [1.29, 1.82) is 0 Å². The molecule has 0 aliphatic rings. The monoisotopic (exact) mass is 448 g/mol. The molecule has 0 saturated heterocycles. The zero-order valence-electron chi connectivity index (χ0n) is 18.6. The number of rotatable bonds is 10. The molecular weight excluding hydrogens is 420 g/mol. The number of carbonyl (C=O) groups excluding carboxylic acids is 3. The molecule has 1 atom stereocenters. The molecule has 0 heterocycles. The SMILES string of the molecule is CC(Oc1ccc2ccccc2c1)C(=O)NNC(=O)CCC(=O)OCCCc1ccccc1. The maximum atomic E-state index is 12.2. The van der Waals surface area contributed by atoms with Gasteiger partial charge in [0.15, 0.2) is 6.10 Å². The summed E-state index contributed by atoms with van der Waals surface area (Å²) in [5.74, 6) is -0.877. The van der Waals surface area contributed by atoms with Crippen molar-refractivity contribution in [1.82, 2.24) is 10.9 Å². The Labute approximate surface area is 193 Å². The van der Waals surface area contributed by atoms with Crippen molar-refractivity contribution in [3.05, 3.63) is 78.4 Å². The molecule has 33 heavy (non-hydrogen) atoms. The molecule has 1 unspecified atom stereocenters. The van der Waals surface area contributed by atoms with Gasteiger partial charge in [-0.1, -0.05) is 60.7 Å². The lowest BCUT2D eigenvalue weighted by molar-refractivity contribution is -0.145. The lowest BCUT2D eigenvalue weighted by atomic mass is 10.1. The van der Waals surface area contributed by atoms with Crippen LogP contribution in [0.2, 0.25) is 0 Å². The number of hydrogen-bond donors (Lipinski definition) is 2. The van der Waals surface area contributed by atoms with Crippen LogP contribution < -0.4 is 15.6 Å². The van der Waals surface area contributed by atoms with Gasteiger partial charge in [-0.3, -0.25) is 25.2 Å². The molecule has 2 amide bonds. The number of hydrazine groups is 1. The number of ether oxygens (including phenoxy) is 2. The second-order valence-electron chi connectivity index (χ2n) is 7.62. The Morgan fingerprint density at radius 2 is 1.58 bits per heavy atom. The van der Waals surface area contributed by atoms with Crippen LogP contribution in [-0.4, -0.2) is 30.5 Å². The minimum atomic E-state index is -0.818. The highest BCUT2D eigenvalue weighted by Gasteiger charge is 2.16. The largest absolute Gasteiger partial charge is 0.481 e. The van der Waals surface area contributed by atoms with Crippen LogP contribution in [0.5, 0.6) is 5.75 Å². The van der Waals surface area contributed by atoms with E-state index in [2.05, 4.69) is 10.9 Å². The molecule has 0 bridgehead atoms. The standard InChI is InChI=1S/C26H28N2O5/c1-19(33-23-14-13-21-11-5-6-12-22(21)18-23)26(31)28-27-24(29)15-16-25(30)32-17-7-10-20-8-3-2-4-9-20/h2-6,8-9,11-14,18-19H,7,10,15-17H2,1H3,(H,27,29)(H,28,31). The van der Waals surface area contributed by atoms with E-state index < -0.39 is 23.9 Å². The van der Waals surface area contributed by atoms with Crippen LogP contribution in [0.3, 0.4) is 0 Å². The average molecular weight is 449 g/mol. The Balaban J connectivity index is 1.30. The summed E-state index contributed by atoms with van der Waals surface area (Å²) in [4.78, 5) is 35.9. The Kier molecular flexibility index (Phi) is 8.82. The van der Waals surface area contributed by atoms with Gasteiger partial charge in [0.1, 0.15) is 5.75 Å². The summed E-state index contributed by atoms with van der Waals surface area (Å²) in [5.41, 5.74) is 5.80. The Morgan fingerprint density at radius 3 is 2.36 bits per heavy atom. The topological polar surface area (TPSA) is 93.7 Å². The smallest absolute Gasteiger partial charge is 0.306 e. The highest BCUT2D eigenvalue weighted by atomic mass is 16.5. The van der Waals surface area contributed by atoms with Crippen LogP contribution >= 0.6 is 0 Å². The first-order valence-electron chi connectivity index (χ1n) is 10.9. The van der Waals surface area contributed by atoms with Crippen molar-refractivity contribution in [3.8, 4) is 5.75 Å². The Morgan fingerprint density at radius 1 is 0.848 bits per heavy atom. The summed E-state index contributed by atoms with van der Waals surface area (Å²) in [5, 5.41) is 2.08. The van der Waals surface area contributed by atoms with Crippen LogP contribution in [-0.2, 0) is 25.5 Å². The van der Waals surface area contributed by atoms with Gasteiger partial charge in [-0.2, -0.15) is 0 Å². The highest BCUT2D eigenvalue weighted by molar-refractivity contribution is 5.86. The molecule has 0 aromatic heterocycles. The van der Waals surface area contributed by atoms with Crippen molar-refractivity contribution >= 4 is 28.6 Å². The zero-order chi connectivity index (χ0) is 23.5. The molecule has 0 saturated carbocycles. The molecule has 0 aliphatic heterocycles. The van der Waals surface area contributed by atoms with Crippen molar-refractivity contribution in [2.75, 3.05) is 6.61 Å². The molecule has 0 aliphatic carbocycles. The van der Waals surface area contributed by atoms with E-state index in [-0.39, 0.29) is 12.8 Å². The first kappa shape index (κ1) is 23.8. The minimum Gasteiger partial charge on any atom is -0.481 e. The predicted octanol–water partition coefficient (Wildman–Crippen LogP) is 3.71. The van der Waals surface area contributed by atoms with Crippen molar-refractivity contribution in [3.63, 3.8) is 0 Å². The lowest BCUT2D eigenvalue weighted by Gasteiger charge is -2.15. The van der Waals surface area contributed by atoms with Crippen molar-refractivity contribution < 1.29 is 23.9 Å². The second kappa shape index (κ2) is 12.2. The van der Waals surface area contributed by atoms with Gasteiger partial charge in [0.2, 0.25) is 5.91 Å². The van der Waals surface area contributed by atoms with E-state index >= 15 is 0 Å². The maximum Gasteiger partial charge on any atom is 0.306 e. The predicted molar refractivity (Wildman–Crippen MR) is 125 cm³/mol. The summed E-state index contributed by atoms with van der Waals surface area (Å²) in [6.45, 7) is 1.89. The van der Waals surface area contributed by atoms with Crippen LogP contribution in [0.1, 0.15) is 31.7 Å². The van der Waals surface area contributed by atoms with Gasteiger partial charge in [-0.25, -0.2) is 0 Å². The van der Waals surface area contributed by atoms with Gasteiger partial charge in [0, 0.05) is 6.42 Å². The molecule has 3 aromatic carbocycles. The normalized spacial score (nSPS) is 11.4. The van der Waals surface area contributed by atoms with E-state index in [9.17, 15) is 14.4 Å². The van der Waals surface area contributed by atoms with Gasteiger partial charge in [0.05, 0.1) is 13.0 Å². The van der Waals surface area contributed by atoms with E-state index in [4.69, 9.17) is 9.47 Å². The van der Waals surface area contributed by atoms with Gasteiger partial charge in [0.25, 0.3) is 5.91 Å². The number of hydrogen-bond acceptors (Lipinski definition) is 5. The molecule has 0 fully saturated rings. The number of carbonyl (C=O) groups is 3. The third-order valence-corrected chi connectivity index (χ3v) is 5.00. The molecule has 0 spiro atoms. The first-order valence-corrected chi connectivity index (χ1v) is 10.9. The molecule has 3 rings (SSSR count). The van der Waals surface area contributed by atoms with E-state index in [0.29, 0.717) is 18.8 Å². The minimum absolute atomic E-state index is 0.0593. The highest BCUT2D eigenvalue weighted by Crippen LogP contribution is 2.21. The van der Waals surface area contributed by atoms with Crippen molar-refractivity contribution in [2.24, 2.45) is 0 Å². The number of amides is 2. The lowest BCUT2D eigenvalue weighted by Crippen LogP contribution is -2.47. The third kappa shape index (κ3) is 7.96. The third-order valence-electron chi connectivity index (χ3n) is 5.00. The molecule has 172 valence electrons. The summed E-state index contributed by atoms with van der Waals surface area (Å²) in [7, 11) is 0. The first-order chi connectivity index (χ1) is 16.0. The maximum absolute atomic E-state index is 12.2. The van der Waals surface area contributed by atoms with Gasteiger partial charge >= 0.3 is 5.97 Å². The number of aryl methyl sites for hydroxylation is 1. The Hall–Kier alpha value is -3.87. The molecule has 2 N–H and O–H groups in total. The van der Waals surface area contributed by atoms with Gasteiger partial charge < -0.3 is 9.47 Å². The van der Waals surface area contributed by atoms with Gasteiger partial charge in [-0.05, 0) is 48.2 Å². The summed E-state index contributed by atoms with van der Waals surface area (Å²) in [6, 6.07) is 23.3. The molecule has 0 radical (unpaired) electrons. The number of nitrogens with one attached hydrogen (secondary N) is 2. The van der Waals surface area contributed by atoms with Gasteiger partial charge in [-0.15, -0.1) is 0 Å². The van der Waals surface area contributed by atoms with E-state index in [1.807, 2.05) is 66.7 Å². The quantitative estimate of drug-likeness (QED) is 0.280. The molecular formula is C26H28N2O5. The number of fused-ring (bicyclic) bond motifs is 1. The number of benzene rings is 3. The van der Waals surface area contributed by atoms with E-state index in [0.717, 1.165) is 17.2 Å². The van der Waals surface area contributed by atoms with Crippen molar-refractivity contribution in [2.45, 2.75) is 38.7 Å². The fourth-order valence-corrected chi connectivity index (χ4v) is 3.19. The summed E-state index contributed by atoms with van der Waals surface area (Å²) >= 11 is 0. The van der Waals surface area contributed by atoms with E-state index in [1.165, 1.54) is 5.56 Å². The molecule has 7 nitrogen and oxygen atoms in total. The second-order valence-corrected chi connectivity index (χ2v) is 7.62. The molecule has 7 heteroatoms. The average Bonchev–Trinajstić information content (AvgIpc) is 2.84. The fraction of sp³-hybridized carbons (Fsp3) is 0.269. The number of esters is 1. The zero-order valence-corrected chi connectivity index (χ0v) is 18.6. The molecule has 3 aromatic rings. The Bertz CT molecular complexity index is 1080. The van der Waals surface area contributed by atoms with E-state index in [1.54, 1.807) is 13.0 Å². The van der Waals surface area contributed by atoms with Crippen LogP contribution in [0, 0.1) is 0 Å². The van der Waals surface area contributed by atoms with Crippen LogP contribution in [0.4, 0.5) is 0 Å². The fourth-order valence-electron chi connectivity index (χ4n) is 3.19. The van der Waals surface area contributed by atoms with Crippen LogP contribution in [0.15, 0.2) is 72.8 Å².